The highest BCUT2D eigenvalue weighted by molar-refractivity contribution is 5.99. The number of benzene rings is 1. The van der Waals surface area contributed by atoms with E-state index in [9.17, 15) is 22.8 Å². The average Bonchev–Trinajstić information content (AvgIpc) is 3.00. The van der Waals surface area contributed by atoms with Gasteiger partial charge in [-0.3, -0.25) is 9.59 Å². The quantitative estimate of drug-likeness (QED) is 0.818. The Morgan fingerprint density at radius 3 is 2.52 bits per heavy atom. The largest absolute Gasteiger partial charge is 0.495 e. The fourth-order valence-corrected chi connectivity index (χ4v) is 2.92. The van der Waals surface area contributed by atoms with E-state index in [1.165, 1.54) is 24.1 Å². The second kappa shape index (κ2) is 7.98. The second-order valence-electron chi connectivity index (χ2n) is 6.39. The molecular weight excluding hydrogens is 391 g/mol. The predicted octanol–water partition coefficient (Wildman–Crippen LogP) is 3.46. The van der Waals surface area contributed by atoms with Crippen molar-refractivity contribution in [2.75, 3.05) is 19.5 Å². The van der Waals surface area contributed by atoms with E-state index in [1.807, 2.05) is 0 Å². The summed E-state index contributed by atoms with van der Waals surface area (Å²) in [6.07, 6.45) is -2.86. The van der Waals surface area contributed by atoms with Crippen molar-refractivity contribution in [2.45, 2.75) is 25.1 Å². The summed E-state index contributed by atoms with van der Waals surface area (Å²) in [5.74, 6) is 0.247. The Hall–Kier alpha value is -3.30. The Labute approximate surface area is 164 Å². The van der Waals surface area contributed by atoms with E-state index >= 15 is 0 Å². The molecule has 1 aromatic heterocycles. The molecule has 1 N–H and O–H groups in total. The molecule has 3 rings (SSSR count). The topological polar surface area (TPSA) is 80.8 Å². The zero-order chi connectivity index (χ0) is 21.2. The summed E-state index contributed by atoms with van der Waals surface area (Å²) < 4.78 is 48.6. The van der Waals surface area contributed by atoms with Crippen LogP contribution in [0.15, 0.2) is 36.5 Å². The Balaban J connectivity index is 1.76. The summed E-state index contributed by atoms with van der Waals surface area (Å²) in [4.78, 5) is 28.9. The molecule has 1 fully saturated rings. The third kappa shape index (κ3) is 4.58. The van der Waals surface area contributed by atoms with Gasteiger partial charge in [0.05, 0.1) is 19.0 Å². The van der Waals surface area contributed by atoms with Crippen LogP contribution in [0.5, 0.6) is 17.2 Å². The first-order valence-electron chi connectivity index (χ1n) is 8.64. The minimum Gasteiger partial charge on any atom is -0.495 e. The third-order valence-corrected chi connectivity index (χ3v) is 4.49. The molecule has 0 aliphatic carbocycles. The number of halogens is 3. The van der Waals surface area contributed by atoms with Crippen LogP contribution in [0.2, 0.25) is 0 Å². The molecule has 1 unspecified atom stereocenters. The van der Waals surface area contributed by atoms with Crippen molar-refractivity contribution in [1.82, 2.24) is 9.88 Å². The fraction of sp³-hybridized carbons (Fsp3) is 0.316. The van der Waals surface area contributed by atoms with E-state index < -0.39 is 17.9 Å². The lowest BCUT2D eigenvalue weighted by Crippen LogP contribution is -2.38. The van der Waals surface area contributed by atoms with Crippen LogP contribution in [0.3, 0.4) is 0 Å². The van der Waals surface area contributed by atoms with Crippen molar-refractivity contribution < 1.29 is 32.2 Å². The first kappa shape index (κ1) is 20.4. The average molecular weight is 409 g/mol. The molecule has 29 heavy (non-hydrogen) atoms. The molecule has 1 aliphatic rings. The van der Waals surface area contributed by atoms with Crippen LogP contribution in [-0.4, -0.2) is 41.9 Å². The van der Waals surface area contributed by atoms with Gasteiger partial charge in [0.25, 0.3) is 0 Å². The molecule has 1 aromatic carbocycles. The summed E-state index contributed by atoms with van der Waals surface area (Å²) in [5, 5.41) is 2.71. The lowest BCUT2D eigenvalue weighted by atomic mass is 10.2. The maximum atomic E-state index is 12.6. The molecule has 7 nitrogen and oxygen atoms in total. The van der Waals surface area contributed by atoms with Crippen molar-refractivity contribution in [1.29, 1.82) is 0 Å². The molecule has 0 saturated carbocycles. The maximum Gasteiger partial charge on any atom is 0.433 e. The fourth-order valence-electron chi connectivity index (χ4n) is 2.92. The number of anilines is 1. The molecule has 1 aliphatic heterocycles. The van der Waals surface area contributed by atoms with Crippen LogP contribution in [0.25, 0.3) is 0 Å². The Bertz CT molecular complexity index is 916. The van der Waals surface area contributed by atoms with E-state index in [0.29, 0.717) is 24.3 Å². The molecule has 1 atom stereocenters. The van der Waals surface area contributed by atoms with Crippen LogP contribution in [0.1, 0.15) is 18.5 Å². The van der Waals surface area contributed by atoms with Gasteiger partial charge in [0.15, 0.2) is 0 Å². The molecule has 2 aromatic rings. The lowest BCUT2D eigenvalue weighted by molar-refractivity contribution is -0.141. The number of amides is 2. The van der Waals surface area contributed by atoms with Crippen molar-refractivity contribution in [3.05, 3.63) is 42.2 Å². The van der Waals surface area contributed by atoms with Crippen molar-refractivity contribution in [2.24, 2.45) is 0 Å². The molecule has 154 valence electrons. The highest BCUT2D eigenvalue weighted by Crippen LogP contribution is 2.33. The van der Waals surface area contributed by atoms with E-state index in [0.717, 1.165) is 18.3 Å². The smallest absolute Gasteiger partial charge is 0.433 e. The van der Waals surface area contributed by atoms with Gasteiger partial charge in [-0.15, -0.1) is 0 Å². The van der Waals surface area contributed by atoms with E-state index in [-0.39, 0.29) is 23.3 Å². The van der Waals surface area contributed by atoms with Gasteiger partial charge in [0.2, 0.25) is 11.8 Å². The number of carbonyl (C=O) groups is 2. The minimum absolute atomic E-state index is 0.0987. The normalized spacial score (nSPS) is 16.7. The van der Waals surface area contributed by atoms with Gasteiger partial charge in [-0.05, 0) is 30.7 Å². The number of hydrogen-bond donors (Lipinski definition) is 1. The van der Waals surface area contributed by atoms with Crippen LogP contribution in [-0.2, 0) is 15.8 Å². The third-order valence-electron chi connectivity index (χ3n) is 4.49. The molecule has 0 radical (unpaired) electrons. The van der Waals surface area contributed by atoms with Gasteiger partial charge in [0, 0.05) is 19.5 Å². The number of alkyl halides is 3. The number of likely N-dealkylation sites (N-methyl/N-ethyl adjacent to an activating group) is 1. The van der Waals surface area contributed by atoms with E-state index in [2.05, 4.69) is 10.3 Å². The van der Waals surface area contributed by atoms with Crippen molar-refractivity contribution >= 4 is 17.5 Å². The molecule has 1 saturated heterocycles. The number of likely N-dealkylation sites (tertiary alicyclic amines) is 1. The maximum absolute atomic E-state index is 12.6. The van der Waals surface area contributed by atoms with Crippen LogP contribution < -0.4 is 14.8 Å². The number of carbonyl (C=O) groups excluding carboxylic acids is 2. The number of methoxy groups -OCH3 is 1. The number of hydrogen-bond acceptors (Lipinski definition) is 5. The van der Waals surface area contributed by atoms with Gasteiger partial charge >= 0.3 is 6.18 Å². The minimum atomic E-state index is -4.54. The molecule has 0 bridgehead atoms. The van der Waals surface area contributed by atoms with Gasteiger partial charge in [-0.25, -0.2) is 4.98 Å². The Kier molecular flexibility index (Phi) is 5.62. The zero-order valence-electron chi connectivity index (χ0n) is 15.6. The van der Waals surface area contributed by atoms with Crippen LogP contribution >= 0.6 is 0 Å². The van der Waals surface area contributed by atoms with E-state index in [4.69, 9.17) is 9.47 Å². The number of ether oxygens (including phenoxy) is 2. The number of pyridine rings is 1. The van der Waals surface area contributed by atoms with Gasteiger partial charge in [0.1, 0.15) is 29.0 Å². The number of nitrogens with zero attached hydrogens (tertiary/aromatic N) is 2. The van der Waals surface area contributed by atoms with E-state index in [1.54, 1.807) is 13.1 Å². The Morgan fingerprint density at radius 1 is 1.24 bits per heavy atom. The molecule has 10 heteroatoms. The zero-order valence-corrected chi connectivity index (χ0v) is 15.6. The number of rotatable bonds is 5. The first-order valence-corrected chi connectivity index (χ1v) is 8.64. The summed E-state index contributed by atoms with van der Waals surface area (Å²) in [6.45, 7) is 0. The molecule has 2 heterocycles. The highest BCUT2D eigenvalue weighted by atomic mass is 19.4. The number of aromatic nitrogens is 1. The van der Waals surface area contributed by atoms with Crippen molar-refractivity contribution in [3.8, 4) is 17.2 Å². The second-order valence-corrected chi connectivity index (χ2v) is 6.39. The van der Waals surface area contributed by atoms with Gasteiger partial charge in [-0.2, -0.15) is 13.2 Å². The number of nitrogens with one attached hydrogen (secondary N) is 1. The summed E-state index contributed by atoms with van der Waals surface area (Å²) in [5.41, 5.74) is -0.717. The Morgan fingerprint density at radius 2 is 1.97 bits per heavy atom. The first-order chi connectivity index (χ1) is 13.7. The van der Waals surface area contributed by atoms with Gasteiger partial charge in [-0.1, -0.05) is 0 Å². The summed E-state index contributed by atoms with van der Waals surface area (Å²) in [6, 6.07) is 5.94. The monoisotopic (exact) mass is 409 g/mol. The van der Waals surface area contributed by atoms with Crippen LogP contribution in [0, 0.1) is 0 Å². The molecule has 2 amide bonds. The lowest BCUT2D eigenvalue weighted by Gasteiger charge is -2.20. The molecule has 0 spiro atoms. The van der Waals surface area contributed by atoms with Crippen LogP contribution in [0.4, 0.5) is 18.9 Å². The predicted molar refractivity (Wildman–Crippen MR) is 96.7 cm³/mol. The standard InChI is InChI=1S/C19H18F3N3O4/c1-25-14(5-8-17(25)26)18(27)24-13-9-11(3-6-15(13)28-2)29-12-4-7-16(23-10-12)19(20,21)22/h3-4,6-7,9-10,14H,5,8H2,1-2H3,(H,24,27). The SMILES string of the molecule is COc1ccc(Oc2ccc(C(F)(F)F)nc2)cc1NC(=O)C1CCC(=O)N1C. The molecular formula is C19H18F3N3O4. The summed E-state index contributed by atoms with van der Waals surface area (Å²) >= 11 is 0. The van der Waals surface area contributed by atoms with Gasteiger partial charge < -0.3 is 19.7 Å². The van der Waals surface area contributed by atoms with Crippen molar-refractivity contribution in [3.63, 3.8) is 0 Å². The summed E-state index contributed by atoms with van der Waals surface area (Å²) in [7, 11) is 2.99. The highest BCUT2D eigenvalue weighted by Gasteiger charge is 2.34.